The molecule has 0 unspecified atom stereocenters. The Morgan fingerprint density at radius 3 is 2.64 bits per heavy atom. The minimum Gasteiger partial charge on any atom is -0.463 e. The summed E-state index contributed by atoms with van der Waals surface area (Å²) in [5, 5.41) is 12.2. The monoisotopic (exact) mass is 380 g/mol. The first-order valence-corrected chi connectivity index (χ1v) is 9.76. The van der Waals surface area contributed by atoms with Gasteiger partial charge in [-0.2, -0.15) is 0 Å². The lowest BCUT2D eigenvalue weighted by Crippen LogP contribution is -2.11. The molecule has 1 aliphatic rings. The van der Waals surface area contributed by atoms with Crippen molar-refractivity contribution in [2.45, 2.75) is 52.5 Å². The number of hydrogen-bond donors (Lipinski definition) is 0. The van der Waals surface area contributed by atoms with Crippen molar-refractivity contribution >= 4 is 16.6 Å². The smallest absolute Gasteiger partial charge is 0.316 e. The average Bonchev–Trinajstić information content (AvgIpc) is 2.98. The largest absolute Gasteiger partial charge is 0.463 e. The zero-order chi connectivity index (χ0) is 19.7. The quantitative estimate of drug-likeness (QED) is 0.362. The molecule has 0 atom stereocenters. The number of nitrogens with zero attached hydrogens (tertiary/aromatic N) is 4. The van der Waals surface area contributed by atoms with Gasteiger partial charge >= 0.3 is 6.01 Å². The lowest BCUT2D eigenvalue weighted by Gasteiger charge is -2.16. The molecule has 0 fully saturated rings. The highest BCUT2D eigenvalue weighted by Gasteiger charge is 2.21. The third-order valence-electron chi connectivity index (χ3n) is 5.29. The Labute approximate surface area is 163 Å². The SMILES string of the molecule is Cc1cc(C)nc(OCCCn2c3c(c4cc([N+](=O)[O-])ccc42)CCCC3)n1. The van der Waals surface area contributed by atoms with Gasteiger partial charge in [0.05, 0.1) is 11.5 Å². The highest BCUT2D eigenvalue weighted by molar-refractivity contribution is 5.88. The van der Waals surface area contributed by atoms with Gasteiger partial charge in [-0.1, -0.05) is 0 Å². The molecule has 0 amide bonds. The van der Waals surface area contributed by atoms with Crippen molar-refractivity contribution in [3.05, 3.63) is 57.0 Å². The molecule has 3 aromatic rings. The highest BCUT2D eigenvalue weighted by atomic mass is 16.6. The number of nitro benzene ring substituents is 1. The lowest BCUT2D eigenvalue weighted by atomic mass is 9.95. The Morgan fingerprint density at radius 1 is 1.14 bits per heavy atom. The fourth-order valence-electron chi connectivity index (χ4n) is 4.14. The normalized spacial score (nSPS) is 13.5. The van der Waals surface area contributed by atoms with E-state index in [-0.39, 0.29) is 10.6 Å². The van der Waals surface area contributed by atoms with Crippen molar-refractivity contribution in [1.82, 2.24) is 14.5 Å². The van der Waals surface area contributed by atoms with Crippen LogP contribution in [0, 0.1) is 24.0 Å². The van der Waals surface area contributed by atoms with Gasteiger partial charge in [-0.3, -0.25) is 10.1 Å². The molecule has 0 bridgehead atoms. The van der Waals surface area contributed by atoms with Crippen LogP contribution >= 0.6 is 0 Å². The summed E-state index contributed by atoms with van der Waals surface area (Å²) < 4.78 is 8.07. The van der Waals surface area contributed by atoms with Crippen molar-refractivity contribution < 1.29 is 9.66 Å². The van der Waals surface area contributed by atoms with Gasteiger partial charge in [-0.25, -0.2) is 9.97 Å². The summed E-state index contributed by atoms with van der Waals surface area (Å²) in [7, 11) is 0. The van der Waals surface area contributed by atoms with Crippen LogP contribution in [0.15, 0.2) is 24.3 Å². The molecule has 0 radical (unpaired) electrons. The molecule has 0 saturated heterocycles. The van der Waals surface area contributed by atoms with E-state index < -0.39 is 0 Å². The average molecular weight is 380 g/mol. The van der Waals surface area contributed by atoms with Crippen LogP contribution in [-0.4, -0.2) is 26.1 Å². The summed E-state index contributed by atoms with van der Waals surface area (Å²) in [6.07, 6.45) is 5.15. The third kappa shape index (κ3) is 3.56. The van der Waals surface area contributed by atoms with Gasteiger partial charge in [-0.05, 0) is 63.6 Å². The maximum absolute atomic E-state index is 11.2. The van der Waals surface area contributed by atoms with E-state index in [0.717, 1.165) is 54.5 Å². The molecule has 0 saturated carbocycles. The molecule has 28 heavy (non-hydrogen) atoms. The van der Waals surface area contributed by atoms with Gasteiger partial charge < -0.3 is 9.30 Å². The van der Waals surface area contributed by atoms with Crippen molar-refractivity contribution in [2.24, 2.45) is 0 Å². The highest BCUT2D eigenvalue weighted by Crippen LogP contribution is 2.34. The van der Waals surface area contributed by atoms with Crippen LogP contribution in [0.25, 0.3) is 10.9 Å². The number of benzene rings is 1. The van der Waals surface area contributed by atoms with Gasteiger partial charge in [-0.15, -0.1) is 0 Å². The molecule has 1 aliphatic carbocycles. The van der Waals surface area contributed by atoms with E-state index in [2.05, 4.69) is 14.5 Å². The van der Waals surface area contributed by atoms with Crippen molar-refractivity contribution in [2.75, 3.05) is 6.61 Å². The topological polar surface area (TPSA) is 83.1 Å². The molecule has 0 aliphatic heterocycles. The summed E-state index contributed by atoms with van der Waals surface area (Å²) in [5.74, 6) is 0. The van der Waals surface area contributed by atoms with Crippen molar-refractivity contribution in [1.29, 1.82) is 0 Å². The van der Waals surface area contributed by atoms with Gasteiger partial charge in [0.1, 0.15) is 0 Å². The molecule has 1 aromatic carbocycles. The number of rotatable bonds is 6. The van der Waals surface area contributed by atoms with E-state index in [4.69, 9.17) is 4.74 Å². The first-order chi connectivity index (χ1) is 13.5. The van der Waals surface area contributed by atoms with E-state index in [0.29, 0.717) is 12.6 Å². The second kappa shape index (κ2) is 7.58. The summed E-state index contributed by atoms with van der Waals surface area (Å²) >= 11 is 0. The molecule has 146 valence electrons. The Hall–Kier alpha value is -2.96. The number of non-ortho nitro benzene ring substituents is 1. The summed E-state index contributed by atoms with van der Waals surface area (Å²) in [6.45, 7) is 5.21. The maximum atomic E-state index is 11.2. The number of ether oxygens (including phenoxy) is 1. The summed E-state index contributed by atoms with van der Waals surface area (Å²) in [4.78, 5) is 19.5. The fraction of sp³-hybridized carbons (Fsp3) is 0.429. The summed E-state index contributed by atoms with van der Waals surface area (Å²) in [5.41, 5.74) is 5.64. The Morgan fingerprint density at radius 2 is 1.89 bits per heavy atom. The zero-order valence-electron chi connectivity index (χ0n) is 16.3. The van der Waals surface area contributed by atoms with Gasteiger partial charge in [0.15, 0.2) is 0 Å². The van der Waals surface area contributed by atoms with Crippen LogP contribution in [0.4, 0.5) is 5.69 Å². The van der Waals surface area contributed by atoms with Crippen LogP contribution < -0.4 is 4.74 Å². The van der Waals surface area contributed by atoms with E-state index in [1.165, 1.54) is 17.7 Å². The molecular formula is C21H24N4O3. The van der Waals surface area contributed by atoms with Crippen molar-refractivity contribution in [3.8, 4) is 6.01 Å². The fourth-order valence-corrected chi connectivity index (χ4v) is 4.14. The molecule has 7 heteroatoms. The van der Waals surface area contributed by atoms with Crippen LogP contribution in [0.1, 0.15) is 41.9 Å². The van der Waals surface area contributed by atoms with Gasteiger partial charge in [0, 0.05) is 46.7 Å². The number of aromatic nitrogens is 3. The van der Waals surface area contributed by atoms with Gasteiger partial charge in [0.2, 0.25) is 0 Å². The number of hydrogen-bond acceptors (Lipinski definition) is 5. The van der Waals surface area contributed by atoms with Crippen LogP contribution in [0.3, 0.4) is 0 Å². The number of fused-ring (bicyclic) bond motifs is 3. The minimum atomic E-state index is -0.316. The Balaban J connectivity index is 1.54. The molecule has 7 nitrogen and oxygen atoms in total. The third-order valence-corrected chi connectivity index (χ3v) is 5.29. The van der Waals surface area contributed by atoms with E-state index >= 15 is 0 Å². The number of nitro groups is 1. The van der Waals surface area contributed by atoms with Crippen LogP contribution in [0.5, 0.6) is 6.01 Å². The standard InChI is InChI=1S/C21H24N4O3/c1-14-12-15(2)23-21(22-14)28-11-5-10-24-19-7-4-3-6-17(19)18-13-16(25(26)27)8-9-20(18)24/h8-9,12-13H,3-7,10-11H2,1-2H3. The number of aryl methyl sites for hydroxylation is 4. The van der Waals surface area contributed by atoms with Crippen molar-refractivity contribution in [3.63, 3.8) is 0 Å². The molecule has 0 N–H and O–H groups in total. The van der Waals surface area contributed by atoms with E-state index in [1.54, 1.807) is 12.1 Å². The zero-order valence-corrected chi connectivity index (χ0v) is 16.3. The Bertz CT molecular complexity index is 1020. The molecule has 4 rings (SSSR count). The second-order valence-electron chi connectivity index (χ2n) is 7.38. The molecule has 2 heterocycles. The predicted octanol–water partition coefficient (Wildman–Crippen LogP) is 4.30. The minimum absolute atomic E-state index is 0.160. The lowest BCUT2D eigenvalue weighted by molar-refractivity contribution is -0.384. The predicted molar refractivity (Wildman–Crippen MR) is 107 cm³/mol. The van der Waals surface area contributed by atoms with E-state index in [9.17, 15) is 10.1 Å². The van der Waals surface area contributed by atoms with Crippen LogP contribution in [0.2, 0.25) is 0 Å². The van der Waals surface area contributed by atoms with Gasteiger partial charge in [0.25, 0.3) is 5.69 Å². The van der Waals surface area contributed by atoms with Crippen LogP contribution in [-0.2, 0) is 19.4 Å². The second-order valence-corrected chi connectivity index (χ2v) is 7.38. The maximum Gasteiger partial charge on any atom is 0.316 e. The van der Waals surface area contributed by atoms with E-state index in [1.807, 2.05) is 26.0 Å². The molecule has 0 spiro atoms. The molecular weight excluding hydrogens is 356 g/mol. The molecule has 2 aromatic heterocycles. The first-order valence-electron chi connectivity index (χ1n) is 9.76. The Kier molecular flexibility index (Phi) is 4.98. The summed E-state index contributed by atoms with van der Waals surface area (Å²) in [6, 6.07) is 7.57. The first kappa shape index (κ1) is 18.4.